The molecular weight excluding hydrogens is 292 g/mol. The quantitative estimate of drug-likeness (QED) is 0.373. The predicted molar refractivity (Wildman–Crippen MR) is 90.7 cm³/mol. The van der Waals surface area contributed by atoms with E-state index in [1.807, 2.05) is 38.1 Å². The average Bonchev–Trinajstić information content (AvgIpc) is 2.42. The molecule has 0 spiro atoms. The molecule has 0 saturated heterocycles. The van der Waals surface area contributed by atoms with Gasteiger partial charge in [0.25, 0.3) is 0 Å². The van der Waals surface area contributed by atoms with E-state index in [9.17, 15) is 0 Å². The lowest BCUT2D eigenvalue weighted by molar-refractivity contribution is 1.03. The number of nitrogens with two attached hydrogens (primary N) is 2. The minimum Gasteiger partial charge on any atom is -0.375 e. The van der Waals surface area contributed by atoms with Crippen LogP contribution in [0.1, 0.15) is 25.0 Å². The Morgan fingerprint density at radius 1 is 0.950 bits per heavy atom. The van der Waals surface area contributed by atoms with Gasteiger partial charge in [0.05, 0.1) is 11.4 Å². The number of hydrogen-bond donors (Lipinski definition) is 4. The summed E-state index contributed by atoms with van der Waals surface area (Å²) in [6.45, 7) is 3.70. The van der Waals surface area contributed by atoms with Gasteiger partial charge in [-0.25, -0.2) is 0 Å². The average molecular weight is 308 g/mol. The SMILES string of the molecule is C/C(=N\NC(N)=S)c1cccc(/C(C)=N/NC(N)=S)c1. The molecule has 0 aliphatic carbocycles. The zero-order valence-electron chi connectivity index (χ0n) is 11.2. The van der Waals surface area contributed by atoms with Crippen molar-refractivity contribution >= 4 is 46.1 Å². The van der Waals surface area contributed by atoms with Crippen molar-refractivity contribution in [3.63, 3.8) is 0 Å². The van der Waals surface area contributed by atoms with Gasteiger partial charge >= 0.3 is 0 Å². The molecule has 0 aliphatic rings. The number of nitrogens with one attached hydrogen (secondary N) is 2. The van der Waals surface area contributed by atoms with Crippen molar-refractivity contribution in [2.24, 2.45) is 21.7 Å². The zero-order valence-corrected chi connectivity index (χ0v) is 12.8. The maximum absolute atomic E-state index is 5.33. The van der Waals surface area contributed by atoms with E-state index in [1.165, 1.54) is 0 Å². The number of rotatable bonds is 4. The number of hydrazone groups is 2. The van der Waals surface area contributed by atoms with Crippen molar-refractivity contribution in [2.75, 3.05) is 0 Å². The fourth-order valence-corrected chi connectivity index (χ4v) is 1.47. The Bertz CT molecular complexity index is 532. The molecule has 1 aromatic rings. The van der Waals surface area contributed by atoms with Crippen LogP contribution in [0.2, 0.25) is 0 Å². The first-order valence-corrected chi connectivity index (χ1v) is 6.52. The van der Waals surface area contributed by atoms with Gasteiger partial charge in [-0.15, -0.1) is 0 Å². The summed E-state index contributed by atoms with van der Waals surface area (Å²) in [5.41, 5.74) is 19.1. The van der Waals surface area contributed by atoms with Crippen molar-refractivity contribution < 1.29 is 0 Å². The molecule has 20 heavy (non-hydrogen) atoms. The van der Waals surface area contributed by atoms with Gasteiger partial charge in [-0.3, -0.25) is 10.9 Å². The Labute approximate surface area is 128 Å². The van der Waals surface area contributed by atoms with E-state index in [4.69, 9.17) is 35.9 Å². The van der Waals surface area contributed by atoms with Crippen molar-refractivity contribution in [2.45, 2.75) is 13.8 Å². The van der Waals surface area contributed by atoms with Gasteiger partial charge in [0, 0.05) is 0 Å². The maximum Gasteiger partial charge on any atom is 0.184 e. The monoisotopic (exact) mass is 308 g/mol. The first-order chi connectivity index (χ1) is 9.40. The van der Waals surface area contributed by atoms with Gasteiger partial charge in [-0.1, -0.05) is 18.2 Å². The molecule has 0 radical (unpaired) electrons. The zero-order chi connectivity index (χ0) is 15.1. The Balaban J connectivity index is 2.95. The van der Waals surface area contributed by atoms with Crippen molar-refractivity contribution in [1.82, 2.24) is 10.9 Å². The highest BCUT2D eigenvalue weighted by Crippen LogP contribution is 2.07. The highest BCUT2D eigenvalue weighted by atomic mass is 32.1. The van der Waals surface area contributed by atoms with Crippen molar-refractivity contribution in [3.8, 4) is 0 Å². The third kappa shape index (κ3) is 5.29. The van der Waals surface area contributed by atoms with Crippen molar-refractivity contribution in [1.29, 1.82) is 0 Å². The molecule has 0 atom stereocenters. The van der Waals surface area contributed by atoms with Gasteiger partial charge in [0.2, 0.25) is 0 Å². The molecule has 0 saturated carbocycles. The third-order valence-electron chi connectivity index (χ3n) is 2.37. The summed E-state index contributed by atoms with van der Waals surface area (Å²) < 4.78 is 0. The van der Waals surface area contributed by atoms with E-state index in [1.54, 1.807) is 0 Å². The smallest absolute Gasteiger partial charge is 0.184 e. The van der Waals surface area contributed by atoms with E-state index >= 15 is 0 Å². The fourth-order valence-electron chi connectivity index (χ4n) is 1.38. The van der Waals surface area contributed by atoms with Crippen LogP contribution in [-0.2, 0) is 0 Å². The third-order valence-corrected chi connectivity index (χ3v) is 2.55. The second-order valence-electron chi connectivity index (χ2n) is 3.93. The highest BCUT2D eigenvalue weighted by molar-refractivity contribution is 7.80. The molecular formula is C12H16N6S2. The number of thiocarbonyl (C=S) groups is 2. The summed E-state index contributed by atoms with van der Waals surface area (Å²) in [5.74, 6) is 0. The first-order valence-electron chi connectivity index (χ1n) is 5.70. The molecule has 1 rings (SSSR count). The summed E-state index contributed by atoms with van der Waals surface area (Å²) in [7, 11) is 0. The lowest BCUT2D eigenvalue weighted by atomic mass is 10.1. The van der Waals surface area contributed by atoms with E-state index < -0.39 is 0 Å². The van der Waals surface area contributed by atoms with Crippen LogP contribution in [0.25, 0.3) is 0 Å². The second kappa shape index (κ2) is 7.51. The van der Waals surface area contributed by atoms with E-state index in [2.05, 4.69) is 21.1 Å². The molecule has 0 heterocycles. The topological polar surface area (TPSA) is 101 Å². The first kappa shape index (κ1) is 16.0. The van der Waals surface area contributed by atoms with E-state index in [-0.39, 0.29) is 10.2 Å². The van der Waals surface area contributed by atoms with Gasteiger partial charge in [-0.2, -0.15) is 10.2 Å². The van der Waals surface area contributed by atoms with Crippen LogP contribution in [0, 0.1) is 0 Å². The van der Waals surface area contributed by atoms with Crippen LogP contribution in [0.3, 0.4) is 0 Å². The Morgan fingerprint density at radius 2 is 1.35 bits per heavy atom. The lowest BCUT2D eigenvalue weighted by Gasteiger charge is -2.06. The van der Waals surface area contributed by atoms with Gasteiger partial charge in [-0.05, 0) is 55.5 Å². The molecule has 0 amide bonds. The lowest BCUT2D eigenvalue weighted by Crippen LogP contribution is -2.25. The van der Waals surface area contributed by atoms with Crippen LogP contribution in [0.15, 0.2) is 34.5 Å². The molecule has 0 aliphatic heterocycles. The molecule has 0 unspecified atom stereocenters. The highest BCUT2D eigenvalue weighted by Gasteiger charge is 2.02. The van der Waals surface area contributed by atoms with Crippen LogP contribution in [-0.4, -0.2) is 21.6 Å². The van der Waals surface area contributed by atoms with Crippen LogP contribution in [0.4, 0.5) is 0 Å². The molecule has 0 bridgehead atoms. The summed E-state index contributed by atoms with van der Waals surface area (Å²) >= 11 is 9.40. The molecule has 8 heteroatoms. The number of nitrogens with zero attached hydrogens (tertiary/aromatic N) is 2. The van der Waals surface area contributed by atoms with Crippen molar-refractivity contribution in [3.05, 3.63) is 35.4 Å². The van der Waals surface area contributed by atoms with Crippen LogP contribution >= 0.6 is 24.4 Å². The fraction of sp³-hybridized carbons (Fsp3) is 0.167. The number of benzene rings is 1. The van der Waals surface area contributed by atoms with E-state index in [0.29, 0.717) is 0 Å². The molecule has 106 valence electrons. The summed E-state index contributed by atoms with van der Waals surface area (Å²) in [5, 5.41) is 8.39. The summed E-state index contributed by atoms with van der Waals surface area (Å²) in [4.78, 5) is 0. The standard InChI is InChI=1S/C12H16N6S2/c1-7(15-17-11(13)19)9-4-3-5-10(6-9)8(2)16-18-12(14)20/h3-6H,1-2H3,(H3,13,17,19)(H3,14,18,20)/b15-7+,16-8+. The predicted octanol–water partition coefficient (Wildman–Crippen LogP) is 0.801. The minimum atomic E-state index is 0.124. The number of hydrogen-bond acceptors (Lipinski definition) is 4. The summed E-state index contributed by atoms with van der Waals surface area (Å²) in [6.07, 6.45) is 0. The molecule has 0 fully saturated rings. The Hall–Kier alpha value is -2.06. The second-order valence-corrected chi connectivity index (χ2v) is 4.81. The molecule has 0 aromatic heterocycles. The molecule has 6 N–H and O–H groups in total. The maximum atomic E-state index is 5.33. The minimum absolute atomic E-state index is 0.124. The van der Waals surface area contributed by atoms with Crippen LogP contribution < -0.4 is 22.3 Å². The van der Waals surface area contributed by atoms with Gasteiger partial charge < -0.3 is 11.5 Å². The molecule has 1 aromatic carbocycles. The van der Waals surface area contributed by atoms with Crippen LogP contribution in [0.5, 0.6) is 0 Å². The van der Waals surface area contributed by atoms with E-state index in [0.717, 1.165) is 22.6 Å². The Kier molecular flexibility index (Phi) is 6.01. The van der Waals surface area contributed by atoms with Gasteiger partial charge in [0.15, 0.2) is 10.2 Å². The summed E-state index contributed by atoms with van der Waals surface area (Å²) in [6, 6.07) is 7.71. The Morgan fingerprint density at radius 3 is 1.70 bits per heavy atom. The van der Waals surface area contributed by atoms with Gasteiger partial charge in [0.1, 0.15) is 0 Å². The normalized spacial score (nSPS) is 11.9. The largest absolute Gasteiger partial charge is 0.375 e. The molecule has 6 nitrogen and oxygen atoms in total.